The highest BCUT2D eigenvalue weighted by Crippen LogP contribution is 2.35. The van der Waals surface area contributed by atoms with Gasteiger partial charge in [-0.1, -0.05) is 0 Å². The molecule has 0 saturated heterocycles. The van der Waals surface area contributed by atoms with Crippen molar-refractivity contribution in [1.82, 2.24) is 0 Å². The molecule has 1 aliphatic carbocycles. The van der Waals surface area contributed by atoms with Crippen molar-refractivity contribution in [3.63, 3.8) is 0 Å². The molecular formula is C15H15IO4. The Labute approximate surface area is 131 Å². The fourth-order valence-electron chi connectivity index (χ4n) is 2.12. The lowest BCUT2D eigenvalue weighted by atomic mass is 9.93. The van der Waals surface area contributed by atoms with Crippen molar-refractivity contribution in [3.8, 4) is 0 Å². The van der Waals surface area contributed by atoms with Crippen LogP contribution in [0.3, 0.4) is 0 Å². The molecule has 1 aliphatic rings. The van der Waals surface area contributed by atoms with Crippen molar-refractivity contribution in [1.29, 1.82) is 0 Å². The molecule has 0 bridgehead atoms. The molecule has 0 unspecified atom stereocenters. The van der Waals surface area contributed by atoms with Crippen LogP contribution in [-0.2, 0) is 4.74 Å². The SMILES string of the molecule is CCOC(=O)c1cc(I)cc(C(=O)C2CC2)c1C(C)=O. The molecule has 1 fully saturated rings. The van der Waals surface area contributed by atoms with E-state index in [0.29, 0.717) is 5.56 Å². The fraction of sp³-hybridized carbons (Fsp3) is 0.400. The minimum Gasteiger partial charge on any atom is -0.462 e. The molecule has 0 radical (unpaired) electrons. The van der Waals surface area contributed by atoms with E-state index >= 15 is 0 Å². The van der Waals surface area contributed by atoms with E-state index in [2.05, 4.69) is 0 Å². The van der Waals surface area contributed by atoms with Crippen molar-refractivity contribution in [2.75, 3.05) is 6.61 Å². The molecule has 106 valence electrons. The third-order valence-electron chi connectivity index (χ3n) is 3.16. The number of carbonyl (C=O) groups is 3. The number of benzene rings is 1. The summed E-state index contributed by atoms with van der Waals surface area (Å²) in [6.07, 6.45) is 1.72. The predicted molar refractivity (Wildman–Crippen MR) is 82.2 cm³/mol. The first-order valence-electron chi connectivity index (χ1n) is 6.51. The van der Waals surface area contributed by atoms with Crippen molar-refractivity contribution >= 4 is 40.1 Å². The molecule has 0 amide bonds. The van der Waals surface area contributed by atoms with Gasteiger partial charge >= 0.3 is 5.97 Å². The molecule has 4 nitrogen and oxygen atoms in total. The van der Waals surface area contributed by atoms with E-state index in [1.54, 1.807) is 19.1 Å². The summed E-state index contributed by atoms with van der Waals surface area (Å²) in [5.74, 6) is -0.880. The first-order chi connectivity index (χ1) is 9.45. The predicted octanol–water partition coefficient (Wildman–Crippen LogP) is 3.26. The minimum absolute atomic E-state index is 0.00125. The van der Waals surface area contributed by atoms with E-state index in [9.17, 15) is 14.4 Å². The normalized spacial score (nSPS) is 13.9. The summed E-state index contributed by atoms with van der Waals surface area (Å²) in [7, 11) is 0. The molecule has 0 spiro atoms. The summed E-state index contributed by atoms with van der Waals surface area (Å²) >= 11 is 2.04. The molecule has 2 rings (SSSR count). The van der Waals surface area contributed by atoms with E-state index in [4.69, 9.17) is 4.74 Å². The zero-order valence-electron chi connectivity index (χ0n) is 11.4. The number of esters is 1. The third kappa shape index (κ3) is 3.08. The number of carbonyl (C=O) groups excluding carboxylic acids is 3. The van der Waals surface area contributed by atoms with Crippen LogP contribution in [-0.4, -0.2) is 24.1 Å². The molecule has 0 aromatic heterocycles. The summed E-state index contributed by atoms with van der Waals surface area (Å²) in [5.41, 5.74) is 0.742. The van der Waals surface area contributed by atoms with E-state index in [1.165, 1.54) is 6.92 Å². The summed E-state index contributed by atoms with van der Waals surface area (Å²) in [4.78, 5) is 36.2. The average molecular weight is 386 g/mol. The second-order valence-electron chi connectivity index (χ2n) is 4.79. The van der Waals surface area contributed by atoms with Gasteiger partial charge in [-0.25, -0.2) is 4.79 Å². The van der Waals surface area contributed by atoms with Gasteiger partial charge in [-0.2, -0.15) is 0 Å². The molecular weight excluding hydrogens is 371 g/mol. The van der Waals surface area contributed by atoms with Crippen LogP contribution >= 0.6 is 22.6 Å². The van der Waals surface area contributed by atoms with Gasteiger partial charge in [-0.05, 0) is 61.4 Å². The van der Waals surface area contributed by atoms with Crippen molar-refractivity contribution < 1.29 is 19.1 Å². The molecule has 20 heavy (non-hydrogen) atoms. The van der Waals surface area contributed by atoms with Gasteiger partial charge in [0.05, 0.1) is 12.2 Å². The second-order valence-corrected chi connectivity index (χ2v) is 6.04. The van der Waals surface area contributed by atoms with Crippen LogP contribution in [0.15, 0.2) is 12.1 Å². The largest absolute Gasteiger partial charge is 0.462 e. The zero-order chi connectivity index (χ0) is 14.9. The van der Waals surface area contributed by atoms with Crippen LogP contribution < -0.4 is 0 Å². The van der Waals surface area contributed by atoms with Crippen LogP contribution in [0.4, 0.5) is 0 Å². The number of halogens is 1. The van der Waals surface area contributed by atoms with Crippen molar-refractivity contribution in [2.24, 2.45) is 5.92 Å². The van der Waals surface area contributed by atoms with Gasteiger partial charge in [-0.15, -0.1) is 0 Å². The van der Waals surface area contributed by atoms with Gasteiger partial charge < -0.3 is 4.74 Å². The maximum Gasteiger partial charge on any atom is 0.338 e. The lowest BCUT2D eigenvalue weighted by Crippen LogP contribution is -2.17. The summed E-state index contributed by atoms with van der Waals surface area (Å²) in [6, 6.07) is 3.28. The monoisotopic (exact) mass is 386 g/mol. The molecule has 1 aromatic carbocycles. The Morgan fingerprint density at radius 2 is 1.85 bits per heavy atom. The third-order valence-corrected chi connectivity index (χ3v) is 3.79. The fourth-order valence-corrected chi connectivity index (χ4v) is 2.74. The Morgan fingerprint density at radius 3 is 2.35 bits per heavy atom. The zero-order valence-corrected chi connectivity index (χ0v) is 13.5. The highest BCUT2D eigenvalue weighted by molar-refractivity contribution is 14.1. The maximum atomic E-state index is 12.3. The van der Waals surface area contributed by atoms with Crippen LogP contribution in [0.1, 0.15) is 57.8 Å². The molecule has 0 N–H and O–H groups in total. The molecule has 1 saturated carbocycles. The van der Waals surface area contributed by atoms with Gasteiger partial charge in [0.25, 0.3) is 0 Å². The Kier molecular flexibility index (Phi) is 4.57. The molecule has 0 aliphatic heterocycles. The van der Waals surface area contributed by atoms with E-state index in [0.717, 1.165) is 16.4 Å². The van der Waals surface area contributed by atoms with Crippen LogP contribution in [0, 0.1) is 9.49 Å². The number of hydrogen-bond donors (Lipinski definition) is 0. The van der Waals surface area contributed by atoms with Crippen LogP contribution in [0.5, 0.6) is 0 Å². The molecule has 5 heteroatoms. The lowest BCUT2D eigenvalue weighted by Gasteiger charge is -2.12. The van der Waals surface area contributed by atoms with Gasteiger partial charge in [-0.3, -0.25) is 9.59 Å². The van der Waals surface area contributed by atoms with E-state index in [1.807, 2.05) is 22.6 Å². The van der Waals surface area contributed by atoms with Crippen LogP contribution in [0.25, 0.3) is 0 Å². The standard InChI is InChI=1S/C15H15IO4/c1-3-20-15(19)12-7-10(16)6-11(13(12)8(2)17)14(18)9-4-5-9/h6-7,9H,3-5H2,1-2H3. The average Bonchev–Trinajstić information content (AvgIpc) is 3.20. The molecule has 0 heterocycles. The summed E-state index contributed by atoms with van der Waals surface area (Å²) in [6.45, 7) is 3.30. The van der Waals surface area contributed by atoms with Gasteiger partial charge in [0.15, 0.2) is 11.6 Å². The van der Waals surface area contributed by atoms with E-state index in [-0.39, 0.29) is 35.2 Å². The minimum atomic E-state index is -0.555. The summed E-state index contributed by atoms with van der Waals surface area (Å²) in [5, 5.41) is 0. The van der Waals surface area contributed by atoms with Gasteiger partial charge in [0, 0.05) is 20.6 Å². The highest BCUT2D eigenvalue weighted by atomic mass is 127. The summed E-state index contributed by atoms with van der Waals surface area (Å²) < 4.78 is 5.73. The first-order valence-corrected chi connectivity index (χ1v) is 7.59. The topological polar surface area (TPSA) is 60.4 Å². The van der Waals surface area contributed by atoms with Gasteiger partial charge in [0.1, 0.15) is 0 Å². The van der Waals surface area contributed by atoms with Crippen molar-refractivity contribution in [2.45, 2.75) is 26.7 Å². The van der Waals surface area contributed by atoms with E-state index < -0.39 is 5.97 Å². The maximum absolute atomic E-state index is 12.3. The number of ether oxygens (including phenoxy) is 1. The quantitative estimate of drug-likeness (QED) is 0.443. The smallest absolute Gasteiger partial charge is 0.338 e. The van der Waals surface area contributed by atoms with Crippen molar-refractivity contribution in [3.05, 3.63) is 32.4 Å². The first kappa shape index (κ1) is 15.2. The van der Waals surface area contributed by atoms with Crippen LogP contribution in [0.2, 0.25) is 0 Å². The number of hydrogen-bond acceptors (Lipinski definition) is 4. The lowest BCUT2D eigenvalue weighted by molar-refractivity contribution is 0.0523. The molecule has 1 aromatic rings. The molecule has 0 atom stereocenters. The van der Waals surface area contributed by atoms with Gasteiger partial charge in [0.2, 0.25) is 0 Å². The second kappa shape index (κ2) is 6.03. The Balaban J connectivity index is 2.58. The Morgan fingerprint density at radius 1 is 1.25 bits per heavy atom. The highest BCUT2D eigenvalue weighted by Gasteiger charge is 2.34. The Bertz CT molecular complexity index is 588. The number of ketones is 2. The number of rotatable bonds is 5. The number of Topliss-reactive ketones (excluding diaryl/α,β-unsaturated/α-hetero) is 2. The Hall–Kier alpha value is -1.24.